The molecule has 0 saturated carbocycles. The van der Waals surface area contributed by atoms with Crippen molar-refractivity contribution in [3.63, 3.8) is 0 Å². The van der Waals surface area contributed by atoms with E-state index in [-0.39, 0.29) is 25.1 Å². The third-order valence-corrected chi connectivity index (χ3v) is 6.29. The maximum atomic E-state index is 12.4. The van der Waals surface area contributed by atoms with Crippen LogP contribution in [0, 0.1) is 0 Å². The van der Waals surface area contributed by atoms with Gasteiger partial charge in [-0.1, -0.05) is 65.9 Å². The molecule has 0 unspecified atom stereocenters. The van der Waals surface area contributed by atoms with Crippen LogP contribution in [0.15, 0.2) is 66.9 Å². The van der Waals surface area contributed by atoms with Crippen molar-refractivity contribution in [3.8, 4) is 0 Å². The van der Waals surface area contributed by atoms with Crippen LogP contribution in [0.3, 0.4) is 0 Å². The molecule has 1 aromatic heterocycles. The van der Waals surface area contributed by atoms with Crippen LogP contribution >= 0.6 is 0 Å². The largest absolute Gasteiger partial charge is 0.395 e. The molecule has 1 N–H and O–H groups in total. The number of aliphatic hydroxyl groups is 1. The summed E-state index contributed by atoms with van der Waals surface area (Å²) in [6, 6.07) is 21.7. The van der Waals surface area contributed by atoms with Gasteiger partial charge in [-0.05, 0) is 24.0 Å². The average Bonchev–Trinajstić information content (AvgIpc) is 3.34. The Balaban J connectivity index is 1.39. The zero-order chi connectivity index (χ0) is 22.3. The molecule has 0 radical (unpaired) electrons. The number of hydrogen-bond acceptors (Lipinski definition) is 5. The predicted octanol–water partition coefficient (Wildman–Crippen LogP) is 2.81. The molecule has 1 amide bonds. The number of amides is 1. The third-order valence-electron chi connectivity index (χ3n) is 6.29. The molecule has 0 aliphatic carbocycles. The van der Waals surface area contributed by atoms with Gasteiger partial charge in [0.25, 0.3) is 5.91 Å². The summed E-state index contributed by atoms with van der Waals surface area (Å²) in [7, 11) is 1.66. The molecule has 0 spiro atoms. The highest BCUT2D eigenvalue weighted by molar-refractivity contribution is 5.91. The lowest BCUT2D eigenvalue weighted by Gasteiger charge is -2.34. The Hall–Kier alpha value is -3.03. The van der Waals surface area contributed by atoms with E-state index in [4.69, 9.17) is 5.11 Å². The summed E-state index contributed by atoms with van der Waals surface area (Å²) in [5, 5.41) is 17.3. The predicted molar refractivity (Wildman–Crippen MR) is 124 cm³/mol. The van der Waals surface area contributed by atoms with Crippen LogP contribution in [0.4, 0.5) is 0 Å². The van der Waals surface area contributed by atoms with Gasteiger partial charge in [0.2, 0.25) is 0 Å². The SMILES string of the molecule is CN(CCO)C(=O)c1cn(C2CCN(CC(c3ccccc3)c3ccccc3)CC2)nn1. The summed E-state index contributed by atoms with van der Waals surface area (Å²) in [5.41, 5.74) is 3.01. The normalized spacial score (nSPS) is 15.2. The lowest BCUT2D eigenvalue weighted by Crippen LogP contribution is -2.37. The third kappa shape index (κ3) is 5.23. The Morgan fingerprint density at radius 3 is 2.22 bits per heavy atom. The van der Waals surface area contributed by atoms with E-state index in [9.17, 15) is 4.79 Å². The van der Waals surface area contributed by atoms with Gasteiger partial charge in [0.15, 0.2) is 5.69 Å². The van der Waals surface area contributed by atoms with Crippen LogP contribution < -0.4 is 0 Å². The maximum Gasteiger partial charge on any atom is 0.275 e. The van der Waals surface area contributed by atoms with Crippen LogP contribution in [0.5, 0.6) is 0 Å². The van der Waals surface area contributed by atoms with Gasteiger partial charge in [-0.15, -0.1) is 5.10 Å². The molecule has 4 rings (SSSR count). The summed E-state index contributed by atoms with van der Waals surface area (Å²) < 4.78 is 1.84. The standard InChI is InChI=1S/C25H31N5O2/c1-28(16-17-31)25(32)24-19-30(27-26-24)22-12-14-29(15-13-22)18-23(20-8-4-2-5-9-20)21-10-6-3-7-11-21/h2-11,19,22-23,31H,12-18H2,1H3. The second-order valence-corrected chi connectivity index (χ2v) is 8.44. The zero-order valence-electron chi connectivity index (χ0n) is 18.5. The van der Waals surface area contributed by atoms with Crippen LogP contribution in [0.2, 0.25) is 0 Å². The Labute approximate surface area is 189 Å². The number of likely N-dealkylation sites (tertiary alicyclic amines) is 1. The van der Waals surface area contributed by atoms with Crippen LogP contribution in [-0.2, 0) is 0 Å². The molecule has 7 nitrogen and oxygen atoms in total. The minimum atomic E-state index is -0.212. The number of benzene rings is 2. The first-order chi connectivity index (χ1) is 15.7. The Morgan fingerprint density at radius 1 is 1.06 bits per heavy atom. The van der Waals surface area contributed by atoms with E-state index in [1.807, 2.05) is 4.68 Å². The number of likely N-dealkylation sites (N-methyl/N-ethyl adjacent to an activating group) is 1. The number of nitrogens with zero attached hydrogens (tertiary/aromatic N) is 5. The number of rotatable bonds is 8. The van der Waals surface area contributed by atoms with Gasteiger partial charge in [-0.3, -0.25) is 4.79 Å². The summed E-state index contributed by atoms with van der Waals surface area (Å²) in [5.74, 6) is 0.128. The number of carbonyl (C=O) groups excluding carboxylic acids is 1. The fourth-order valence-electron chi connectivity index (χ4n) is 4.40. The van der Waals surface area contributed by atoms with Gasteiger partial charge in [0.1, 0.15) is 0 Å². The monoisotopic (exact) mass is 433 g/mol. The maximum absolute atomic E-state index is 12.4. The number of aliphatic hydroxyl groups excluding tert-OH is 1. The molecule has 2 heterocycles. The van der Waals surface area contributed by atoms with Crippen molar-refractivity contribution >= 4 is 5.91 Å². The molecule has 2 aromatic carbocycles. The second kappa shape index (κ2) is 10.5. The van der Waals surface area contributed by atoms with Crippen molar-refractivity contribution < 1.29 is 9.90 Å². The molecule has 0 bridgehead atoms. The highest BCUT2D eigenvalue weighted by Crippen LogP contribution is 2.29. The molecular weight excluding hydrogens is 402 g/mol. The lowest BCUT2D eigenvalue weighted by molar-refractivity contribution is 0.0761. The average molecular weight is 434 g/mol. The van der Waals surface area contributed by atoms with Crippen LogP contribution in [0.25, 0.3) is 0 Å². The smallest absolute Gasteiger partial charge is 0.275 e. The minimum absolute atomic E-state index is 0.0677. The van der Waals surface area contributed by atoms with Crippen molar-refractivity contribution in [2.24, 2.45) is 0 Å². The summed E-state index contributed by atoms with van der Waals surface area (Å²) in [4.78, 5) is 16.4. The summed E-state index contributed by atoms with van der Waals surface area (Å²) in [6.45, 7) is 3.16. The van der Waals surface area contributed by atoms with Crippen LogP contribution in [-0.4, -0.2) is 75.6 Å². The van der Waals surface area contributed by atoms with E-state index in [0.29, 0.717) is 11.6 Å². The number of piperidine rings is 1. The molecule has 1 aliphatic rings. The fourth-order valence-corrected chi connectivity index (χ4v) is 4.40. The first kappa shape index (κ1) is 22.2. The molecule has 168 valence electrons. The van der Waals surface area contributed by atoms with Gasteiger partial charge in [-0.25, -0.2) is 4.68 Å². The first-order valence-electron chi connectivity index (χ1n) is 11.3. The zero-order valence-corrected chi connectivity index (χ0v) is 18.5. The van der Waals surface area contributed by atoms with Crippen molar-refractivity contribution in [3.05, 3.63) is 83.7 Å². The highest BCUT2D eigenvalue weighted by atomic mass is 16.3. The molecule has 1 saturated heterocycles. The van der Waals surface area contributed by atoms with Crippen molar-refractivity contribution in [1.82, 2.24) is 24.8 Å². The molecule has 0 atom stereocenters. The number of hydrogen-bond donors (Lipinski definition) is 1. The van der Waals surface area contributed by atoms with E-state index in [2.05, 4.69) is 75.9 Å². The van der Waals surface area contributed by atoms with Crippen molar-refractivity contribution in [1.29, 1.82) is 0 Å². The van der Waals surface area contributed by atoms with E-state index in [0.717, 1.165) is 32.5 Å². The molecular formula is C25H31N5O2. The molecule has 1 aliphatic heterocycles. The van der Waals surface area contributed by atoms with Gasteiger partial charge in [0, 0.05) is 39.1 Å². The fraction of sp³-hybridized carbons (Fsp3) is 0.400. The number of carbonyl (C=O) groups is 1. The Morgan fingerprint density at radius 2 is 1.66 bits per heavy atom. The van der Waals surface area contributed by atoms with Crippen LogP contribution in [0.1, 0.15) is 46.4 Å². The Bertz CT molecular complexity index is 944. The summed E-state index contributed by atoms with van der Waals surface area (Å²) in [6.07, 6.45) is 3.69. The quantitative estimate of drug-likeness (QED) is 0.591. The first-order valence-corrected chi connectivity index (χ1v) is 11.3. The Kier molecular flexibility index (Phi) is 7.29. The van der Waals surface area contributed by atoms with E-state index >= 15 is 0 Å². The molecule has 3 aromatic rings. The van der Waals surface area contributed by atoms with Gasteiger partial charge < -0.3 is 14.9 Å². The molecule has 1 fully saturated rings. The minimum Gasteiger partial charge on any atom is -0.395 e. The molecule has 32 heavy (non-hydrogen) atoms. The van der Waals surface area contributed by atoms with E-state index in [1.165, 1.54) is 16.0 Å². The summed E-state index contributed by atoms with van der Waals surface area (Å²) >= 11 is 0. The topological polar surface area (TPSA) is 74.5 Å². The highest BCUT2D eigenvalue weighted by Gasteiger charge is 2.26. The second-order valence-electron chi connectivity index (χ2n) is 8.44. The number of aromatic nitrogens is 3. The van der Waals surface area contributed by atoms with Gasteiger partial charge >= 0.3 is 0 Å². The lowest BCUT2D eigenvalue weighted by atomic mass is 9.90. The van der Waals surface area contributed by atoms with E-state index in [1.54, 1.807) is 13.2 Å². The van der Waals surface area contributed by atoms with E-state index < -0.39 is 0 Å². The molecule has 7 heteroatoms. The van der Waals surface area contributed by atoms with Crippen molar-refractivity contribution in [2.45, 2.75) is 24.8 Å². The van der Waals surface area contributed by atoms with Gasteiger partial charge in [0.05, 0.1) is 18.8 Å². The van der Waals surface area contributed by atoms with Gasteiger partial charge in [-0.2, -0.15) is 0 Å². The van der Waals surface area contributed by atoms with Crippen molar-refractivity contribution in [2.75, 3.05) is 39.8 Å².